The van der Waals surface area contributed by atoms with E-state index in [0.717, 1.165) is 11.1 Å². The van der Waals surface area contributed by atoms with Gasteiger partial charge in [-0.3, -0.25) is 10.1 Å². The van der Waals surface area contributed by atoms with Crippen LogP contribution in [0.25, 0.3) is 0 Å². The van der Waals surface area contributed by atoms with Gasteiger partial charge in [0.15, 0.2) is 0 Å². The van der Waals surface area contributed by atoms with Crippen LogP contribution in [0.2, 0.25) is 5.02 Å². The van der Waals surface area contributed by atoms with Gasteiger partial charge in [0.25, 0.3) is 5.69 Å². The molecule has 0 aromatic heterocycles. The van der Waals surface area contributed by atoms with Crippen LogP contribution in [0.1, 0.15) is 16.7 Å². The van der Waals surface area contributed by atoms with Crippen LogP contribution in [0.4, 0.5) is 11.4 Å². The normalized spacial score (nSPS) is 11.0. The minimum absolute atomic E-state index is 0.102. The Labute approximate surface area is 155 Å². The molecule has 0 aliphatic heterocycles. The maximum atomic E-state index is 11.1. The third kappa shape index (κ3) is 4.07. The Balaban J connectivity index is 1.94. The molecule has 3 aromatic carbocycles. The Morgan fingerprint density at radius 3 is 2.46 bits per heavy atom. The molecule has 0 amide bonds. The van der Waals surface area contributed by atoms with Gasteiger partial charge < -0.3 is 5.11 Å². The molecule has 6 heteroatoms. The van der Waals surface area contributed by atoms with E-state index in [-0.39, 0.29) is 22.1 Å². The molecule has 0 heterocycles. The van der Waals surface area contributed by atoms with E-state index in [1.807, 2.05) is 30.3 Å². The molecule has 3 rings (SSSR count). The largest absolute Gasteiger partial charge is 0.506 e. The highest BCUT2D eigenvalue weighted by Gasteiger charge is 2.12. The van der Waals surface area contributed by atoms with Crippen molar-refractivity contribution in [2.45, 2.75) is 6.42 Å². The number of nitrogens with zero attached hydrogens (tertiary/aromatic N) is 2. The highest BCUT2D eigenvalue weighted by atomic mass is 35.5. The van der Waals surface area contributed by atoms with Crippen molar-refractivity contribution >= 4 is 29.2 Å². The fraction of sp³-hybridized carbons (Fsp3) is 0.0500. The van der Waals surface area contributed by atoms with Crippen LogP contribution >= 0.6 is 11.6 Å². The van der Waals surface area contributed by atoms with Crippen molar-refractivity contribution in [2.24, 2.45) is 4.99 Å². The monoisotopic (exact) mass is 366 g/mol. The van der Waals surface area contributed by atoms with Crippen LogP contribution in [-0.2, 0) is 6.42 Å². The zero-order valence-electron chi connectivity index (χ0n) is 13.7. The van der Waals surface area contributed by atoms with Gasteiger partial charge in [0.2, 0.25) is 0 Å². The minimum Gasteiger partial charge on any atom is -0.506 e. The number of aromatic hydroxyl groups is 1. The number of aliphatic imine (C=N–C) groups is 1. The standard InChI is InChI=1S/C20H15ClN2O3/c21-17-12-15(10-14-6-2-1-3-7-14)11-16(20(17)24)13-22-18-8-4-5-9-19(18)23(25)26/h1-9,11-13,24H,10H2. The van der Waals surface area contributed by atoms with E-state index in [2.05, 4.69) is 4.99 Å². The number of nitro groups is 1. The van der Waals surface area contributed by atoms with E-state index in [4.69, 9.17) is 11.6 Å². The Morgan fingerprint density at radius 2 is 1.73 bits per heavy atom. The number of nitro benzene ring substituents is 1. The van der Waals surface area contributed by atoms with Gasteiger partial charge in [-0.05, 0) is 35.7 Å². The summed E-state index contributed by atoms with van der Waals surface area (Å²) >= 11 is 6.13. The van der Waals surface area contributed by atoms with Gasteiger partial charge >= 0.3 is 0 Å². The van der Waals surface area contributed by atoms with Crippen LogP contribution in [0, 0.1) is 10.1 Å². The zero-order valence-corrected chi connectivity index (χ0v) is 14.4. The first-order chi connectivity index (χ1) is 12.5. The Bertz CT molecular complexity index is 972. The third-order valence-electron chi connectivity index (χ3n) is 3.82. The number of para-hydroxylation sites is 2. The van der Waals surface area contributed by atoms with Gasteiger partial charge in [0.1, 0.15) is 11.4 Å². The molecule has 130 valence electrons. The van der Waals surface area contributed by atoms with E-state index in [1.165, 1.54) is 12.3 Å². The fourth-order valence-electron chi connectivity index (χ4n) is 2.58. The lowest BCUT2D eigenvalue weighted by molar-refractivity contribution is -0.384. The van der Waals surface area contributed by atoms with Gasteiger partial charge in [-0.25, -0.2) is 4.99 Å². The molecule has 0 aliphatic rings. The van der Waals surface area contributed by atoms with Gasteiger partial charge in [0.05, 0.1) is 9.95 Å². The summed E-state index contributed by atoms with van der Waals surface area (Å²) in [4.78, 5) is 14.7. The molecular weight excluding hydrogens is 352 g/mol. The van der Waals surface area contributed by atoms with Gasteiger partial charge in [0, 0.05) is 17.8 Å². The van der Waals surface area contributed by atoms with Crippen LogP contribution < -0.4 is 0 Å². The summed E-state index contributed by atoms with van der Waals surface area (Å²) in [6.07, 6.45) is 2.03. The zero-order chi connectivity index (χ0) is 18.5. The number of halogens is 1. The smallest absolute Gasteiger partial charge is 0.294 e. The maximum absolute atomic E-state index is 11.1. The quantitative estimate of drug-likeness (QED) is 0.378. The molecule has 0 saturated carbocycles. The number of hydrogen-bond acceptors (Lipinski definition) is 4. The number of phenols is 1. The van der Waals surface area contributed by atoms with Crippen molar-refractivity contribution in [3.8, 4) is 5.75 Å². The molecule has 1 N–H and O–H groups in total. The van der Waals surface area contributed by atoms with Crippen molar-refractivity contribution in [2.75, 3.05) is 0 Å². The molecule has 5 nitrogen and oxygen atoms in total. The van der Waals surface area contributed by atoms with Crippen LogP contribution in [0.5, 0.6) is 5.75 Å². The number of rotatable bonds is 5. The first-order valence-electron chi connectivity index (χ1n) is 7.87. The summed E-state index contributed by atoms with van der Waals surface area (Å²) in [5.41, 5.74) is 2.52. The van der Waals surface area contributed by atoms with E-state index in [1.54, 1.807) is 30.3 Å². The fourth-order valence-corrected chi connectivity index (χ4v) is 2.83. The van der Waals surface area contributed by atoms with Gasteiger partial charge in [-0.1, -0.05) is 54.1 Å². The first-order valence-corrected chi connectivity index (χ1v) is 8.25. The second kappa shape index (κ2) is 7.80. The lowest BCUT2D eigenvalue weighted by Crippen LogP contribution is -1.93. The topological polar surface area (TPSA) is 75.7 Å². The predicted molar refractivity (Wildman–Crippen MR) is 103 cm³/mol. The maximum Gasteiger partial charge on any atom is 0.294 e. The molecule has 0 fully saturated rings. The SMILES string of the molecule is O=[N+]([O-])c1ccccc1N=Cc1cc(Cc2ccccc2)cc(Cl)c1O. The summed E-state index contributed by atoms with van der Waals surface area (Å²) in [6.45, 7) is 0. The van der Waals surface area contributed by atoms with Crippen molar-refractivity contribution < 1.29 is 10.0 Å². The average Bonchev–Trinajstić information content (AvgIpc) is 2.64. The summed E-state index contributed by atoms with van der Waals surface area (Å²) in [7, 11) is 0. The minimum atomic E-state index is -0.495. The van der Waals surface area contributed by atoms with E-state index in [0.29, 0.717) is 12.0 Å². The van der Waals surface area contributed by atoms with Gasteiger partial charge in [-0.15, -0.1) is 0 Å². The second-order valence-corrected chi connectivity index (χ2v) is 6.09. The van der Waals surface area contributed by atoms with Crippen LogP contribution in [0.3, 0.4) is 0 Å². The average molecular weight is 367 g/mol. The Hall–Kier alpha value is -3.18. The van der Waals surface area contributed by atoms with E-state index < -0.39 is 4.92 Å². The van der Waals surface area contributed by atoms with Crippen molar-refractivity contribution in [3.05, 3.63) is 98.6 Å². The lowest BCUT2D eigenvalue weighted by Gasteiger charge is -2.07. The number of phenolic OH excluding ortho intramolecular Hbond substituents is 1. The van der Waals surface area contributed by atoms with Crippen molar-refractivity contribution in [3.63, 3.8) is 0 Å². The molecular formula is C20H15ClN2O3. The molecule has 0 aliphatic carbocycles. The van der Waals surface area contributed by atoms with Crippen LogP contribution in [0.15, 0.2) is 71.7 Å². The summed E-state index contributed by atoms with van der Waals surface area (Å²) < 4.78 is 0. The molecule has 3 aromatic rings. The summed E-state index contributed by atoms with van der Waals surface area (Å²) in [5, 5.41) is 21.5. The summed E-state index contributed by atoms with van der Waals surface area (Å²) in [6, 6.07) is 19.5. The van der Waals surface area contributed by atoms with Crippen molar-refractivity contribution in [1.82, 2.24) is 0 Å². The molecule has 0 bridgehead atoms. The molecule has 0 unspecified atom stereocenters. The summed E-state index contributed by atoms with van der Waals surface area (Å²) in [5.74, 6) is -0.106. The third-order valence-corrected chi connectivity index (χ3v) is 4.11. The Morgan fingerprint density at radius 1 is 1.04 bits per heavy atom. The molecule has 0 spiro atoms. The number of benzene rings is 3. The highest BCUT2D eigenvalue weighted by Crippen LogP contribution is 2.31. The molecule has 0 atom stereocenters. The molecule has 26 heavy (non-hydrogen) atoms. The second-order valence-electron chi connectivity index (χ2n) is 5.68. The van der Waals surface area contributed by atoms with Crippen molar-refractivity contribution in [1.29, 1.82) is 0 Å². The number of hydrogen-bond donors (Lipinski definition) is 1. The highest BCUT2D eigenvalue weighted by molar-refractivity contribution is 6.32. The van der Waals surface area contributed by atoms with Crippen LogP contribution in [-0.4, -0.2) is 16.2 Å². The molecule has 0 radical (unpaired) electrons. The molecule has 0 saturated heterocycles. The van der Waals surface area contributed by atoms with Gasteiger partial charge in [-0.2, -0.15) is 0 Å². The van der Waals surface area contributed by atoms with E-state index >= 15 is 0 Å². The Kier molecular flexibility index (Phi) is 5.29. The van der Waals surface area contributed by atoms with E-state index in [9.17, 15) is 15.2 Å². The predicted octanol–water partition coefficient (Wildman–Crippen LogP) is 5.30. The lowest BCUT2D eigenvalue weighted by atomic mass is 10.0. The first kappa shape index (κ1) is 17.6.